The van der Waals surface area contributed by atoms with Gasteiger partial charge in [-0.1, -0.05) is 36.8 Å². The van der Waals surface area contributed by atoms with E-state index in [-0.39, 0.29) is 17.9 Å². The zero-order chi connectivity index (χ0) is 12.8. The summed E-state index contributed by atoms with van der Waals surface area (Å²) < 4.78 is 4.69. The Labute approximate surface area is 103 Å². The zero-order valence-electron chi connectivity index (χ0n) is 11.0. The highest BCUT2D eigenvalue weighted by Crippen LogP contribution is 2.13. The Hall–Kier alpha value is -1.35. The van der Waals surface area contributed by atoms with Crippen molar-refractivity contribution in [3.63, 3.8) is 0 Å². The van der Waals surface area contributed by atoms with E-state index in [0.717, 1.165) is 0 Å². The fourth-order valence-electron chi connectivity index (χ4n) is 1.61. The highest BCUT2D eigenvalue weighted by atomic mass is 16.5. The van der Waals surface area contributed by atoms with Crippen LogP contribution >= 0.6 is 0 Å². The molecule has 0 saturated heterocycles. The smallest absolute Gasteiger partial charge is 0.309 e. The van der Waals surface area contributed by atoms with Crippen LogP contribution in [-0.4, -0.2) is 19.6 Å². The van der Waals surface area contributed by atoms with Gasteiger partial charge in [-0.3, -0.25) is 4.79 Å². The molecule has 0 bridgehead atoms. The number of hydrogen-bond acceptors (Lipinski definition) is 3. The molecule has 1 rings (SSSR count). The van der Waals surface area contributed by atoms with Gasteiger partial charge in [0.15, 0.2) is 0 Å². The molecule has 0 saturated carbocycles. The molecular formula is C14H21NO2. The summed E-state index contributed by atoms with van der Waals surface area (Å²) in [5.41, 5.74) is 2.48. The minimum atomic E-state index is -0.173. The van der Waals surface area contributed by atoms with E-state index in [1.165, 1.54) is 18.2 Å². The van der Waals surface area contributed by atoms with Crippen molar-refractivity contribution in [2.45, 2.75) is 26.8 Å². The summed E-state index contributed by atoms with van der Waals surface area (Å²) in [6.45, 7) is 6.65. The molecule has 0 amide bonds. The maximum absolute atomic E-state index is 11.2. The summed E-state index contributed by atoms with van der Waals surface area (Å²) in [7, 11) is 1.42. The average Bonchev–Trinajstić information content (AvgIpc) is 2.35. The number of benzene rings is 1. The van der Waals surface area contributed by atoms with E-state index in [1.807, 2.05) is 6.92 Å². The molecule has 0 aliphatic heterocycles. The van der Waals surface area contributed by atoms with E-state index in [4.69, 9.17) is 0 Å². The third-order valence-electron chi connectivity index (χ3n) is 2.91. The van der Waals surface area contributed by atoms with Crippen LogP contribution in [0.4, 0.5) is 0 Å². The van der Waals surface area contributed by atoms with E-state index in [2.05, 4.69) is 48.2 Å². The molecule has 17 heavy (non-hydrogen) atoms. The maximum atomic E-state index is 11.2. The fraction of sp³-hybridized carbons (Fsp3) is 0.500. The standard InChI is InChI=1S/C14H21NO2/c1-10-5-7-13(8-6-10)12(3)15-9-11(2)14(16)17-4/h5-8,11-12,15H,9H2,1-4H3. The summed E-state index contributed by atoms with van der Waals surface area (Å²) in [5, 5.41) is 3.33. The maximum Gasteiger partial charge on any atom is 0.309 e. The predicted molar refractivity (Wildman–Crippen MR) is 68.8 cm³/mol. The molecule has 3 nitrogen and oxygen atoms in total. The lowest BCUT2D eigenvalue weighted by atomic mass is 10.1. The normalized spacial score (nSPS) is 14.1. The number of hydrogen-bond donors (Lipinski definition) is 1. The topological polar surface area (TPSA) is 38.3 Å². The Bertz CT molecular complexity index is 359. The molecule has 2 unspecified atom stereocenters. The fourth-order valence-corrected chi connectivity index (χ4v) is 1.61. The molecular weight excluding hydrogens is 214 g/mol. The number of aryl methyl sites for hydroxylation is 1. The van der Waals surface area contributed by atoms with Gasteiger partial charge >= 0.3 is 5.97 Å². The van der Waals surface area contributed by atoms with E-state index >= 15 is 0 Å². The van der Waals surface area contributed by atoms with Crippen molar-refractivity contribution in [1.29, 1.82) is 0 Å². The van der Waals surface area contributed by atoms with E-state index in [0.29, 0.717) is 6.54 Å². The van der Waals surface area contributed by atoms with Crippen molar-refractivity contribution in [2.24, 2.45) is 5.92 Å². The average molecular weight is 235 g/mol. The number of nitrogens with one attached hydrogen (secondary N) is 1. The van der Waals surface area contributed by atoms with Crippen molar-refractivity contribution in [3.05, 3.63) is 35.4 Å². The highest BCUT2D eigenvalue weighted by molar-refractivity contribution is 5.72. The van der Waals surface area contributed by atoms with Crippen molar-refractivity contribution in [1.82, 2.24) is 5.32 Å². The zero-order valence-corrected chi connectivity index (χ0v) is 11.0. The first kappa shape index (κ1) is 13.7. The Morgan fingerprint density at radius 2 is 1.88 bits per heavy atom. The van der Waals surface area contributed by atoms with Crippen LogP contribution in [0, 0.1) is 12.8 Å². The van der Waals surface area contributed by atoms with Crippen LogP contribution in [0.15, 0.2) is 24.3 Å². The first-order valence-electron chi connectivity index (χ1n) is 5.92. The second-order valence-corrected chi connectivity index (χ2v) is 4.46. The summed E-state index contributed by atoms with van der Waals surface area (Å²) in [5.74, 6) is -0.290. The van der Waals surface area contributed by atoms with Crippen LogP contribution in [0.25, 0.3) is 0 Å². The monoisotopic (exact) mass is 235 g/mol. The lowest BCUT2D eigenvalue weighted by molar-refractivity contribution is -0.144. The van der Waals surface area contributed by atoms with Gasteiger partial charge in [-0.05, 0) is 19.4 Å². The molecule has 1 aromatic rings. The Kier molecular flexibility index (Phi) is 5.16. The summed E-state index contributed by atoms with van der Waals surface area (Å²) in [6, 6.07) is 8.64. The first-order chi connectivity index (χ1) is 8.04. The third-order valence-corrected chi connectivity index (χ3v) is 2.91. The number of methoxy groups -OCH3 is 1. The Balaban J connectivity index is 2.47. The van der Waals surface area contributed by atoms with Gasteiger partial charge in [0.1, 0.15) is 0 Å². The lowest BCUT2D eigenvalue weighted by Crippen LogP contribution is -2.29. The van der Waals surface area contributed by atoms with Crippen molar-refractivity contribution < 1.29 is 9.53 Å². The minimum absolute atomic E-state index is 0.118. The van der Waals surface area contributed by atoms with Crippen LogP contribution in [-0.2, 0) is 9.53 Å². The number of esters is 1. The van der Waals surface area contributed by atoms with Crippen molar-refractivity contribution in [2.75, 3.05) is 13.7 Å². The van der Waals surface area contributed by atoms with Crippen LogP contribution in [0.5, 0.6) is 0 Å². The minimum Gasteiger partial charge on any atom is -0.469 e. The number of ether oxygens (including phenoxy) is 1. The van der Waals surface area contributed by atoms with Gasteiger partial charge in [0.2, 0.25) is 0 Å². The second-order valence-electron chi connectivity index (χ2n) is 4.46. The van der Waals surface area contributed by atoms with Gasteiger partial charge < -0.3 is 10.1 Å². The van der Waals surface area contributed by atoms with Crippen LogP contribution in [0.1, 0.15) is 31.0 Å². The number of carbonyl (C=O) groups is 1. The molecule has 0 aromatic heterocycles. The predicted octanol–water partition coefficient (Wildman–Crippen LogP) is 2.45. The highest BCUT2D eigenvalue weighted by Gasteiger charge is 2.14. The molecule has 0 radical (unpaired) electrons. The van der Waals surface area contributed by atoms with Gasteiger partial charge in [-0.2, -0.15) is 0 Å². The lowest BCUT2D eigenvalue weighted by Gasteiger charge is -2.17. The Morgan fingerprint density at radius 1 is 1.29 bits per heavy atom. The molecule has 3 heteroatoms. The van der Waals surface area contributed by atoms with E-state index in [1.54, 1.807) is 0 Å². The molecule has 0 fully saturated rings. The molecule has 1 N–H and O–H groups in total. The Morgan fingerprint density at radius 3 is 2.41 bits per heavy atom. The van der Waals surface area contributed by atoms with Crippen LogP contribution < -0.4 is 5.32 Å². The van der Waals surface area contributed by atoms with Crippen molar-refractivity contribution in [3.8, 4) is 0 Å². The molecule has 2 atom stereocenters. The quantitative estimate of drug-likeness (QED) is 0.797. The second kappa shape index (κ2) is 6.40. The van der Waals surface area contributed by atoms with Gasteiger partial charge in [0.05, 0.1) is 13.0 Å². The van der Waals surface area contributed by atoms with Gasteiger partial charge in [0.25, 0.3) is 0 Å². The van der Waals surface area contributed by atoms with Crippen LogP contribution in [0.2, 0.25) is 0 Å². The molecule has 0 aliphatic rings. The van der Waals surface area contributed by atoms with Gasteiger partial charge in [-0.25, -0.2) is 0 Å². The van der Waals surface area contributed by atoms with E-state index in [9.17, 15) is 4.79 Å². The molecule has 0 heterocycles. The first-order valence-corrected chi connectivity index (χ1v) is 5.92. The largest absolute Gasteiger partial charge is 0.469 e. The molecule has 94 valence electrons. The molecule has 0 aliphatic carbocycles. The van der Waals surface area contributed by atoms with Crippen LogP contribution in [0.3, 0.4) is 0 Å². The van der Waals surface area contributed by atoms with Gasteiger partial charge in [-0.15, -0.1) is 0 Å². The van der Waals surface area contributed by atoms with Crippen molar-refractivity contribution >= 4 is 5.97 Å². The molecule has 0 spiro atoms. The number of carbonyl (C=O) groups excluding carboxylic acids is 1. The number of rotatable bonds is 5. The van der Waals surface area contributed by atoms with E-state index < -0.39 is 0 Å². The SMILES string of the molecule is COC(=O)C(C)CNC(C)c1ccc(C)cc1. The molecule has 1 aromatic carbocycles. The van der Waals surface area contributed by atoms with Gasteiger partial charge in [0, 0.05) is 12.6 Å². The summed E-state index contributed by atoms with van der Waals surface area (Å²) in [6.07, 6.45) is 0. The third kappa shape index (κ3) is 4.19. The summed E-state index contributed by atoms with van der Waals surface area (Å²) in [4.78, 5) is 11.2. The summed E-state index contributed by atoms with van der Waals surface area (Å²) >= 11 is 0.